The molecule has 1 heteroatoms. The first-order chi connectivity index (χ1) is 8.69. The third-order valence-corrected chi connectivity index (χ3v) is 3.30. The fraction of sp³-hybridized carbons (Fsp3) is 0.294. The number of rotatable bonds is 4. The van der Waals surface area contributed by atoms with Gasteiger partial charge in [0.2, 0.25) is 0 Å². The molecular weight excluding hydrogens is 218 g/mol. The number of benzene rings is 2. The highest BCUT2D eigenvalue weighted by atomic mass is 14.8. The molecule has 0 heterocycles. The molecule has 0 atom stereocenters. The average molecular weight is 239 g/mol. The van der Waals surface area contributed by atoms with Gasteiger partial charge in [0, 0.05) is 12.7 Å². The molecule has 0 spiro atoms. The van der Waals surface area contributed by atoms with Crippen molar-refractivity contribution in [2.24, 2.45) is 0 Å². The first-order valence-corrected chi connectivity index (χ1v) is 6.54. The van der Waals surface area contributed by atoms with Crippen LogP contribution in [0.1, 0.15) is 36.5 Å². The number of anilines is 1. The Hall–Kier alpha value is -1.76. The van der Waals surface area contributed by atoms with E-state index in [0.717, 1.165) is 12.1 Å². The van der Waals surface area contributed by atoms with E-state index < -0.39 is 0 Å². The summed E-state index contributed by atoms with van der Waals surface area (Å²) in [6.45, 7) is 4.46. The molecule has 18 heavy (non-hydrogen) atoms. The third kappa shape index (κ3) is 3.13. The molecule has 0 saturated heterocycles. The van der Waals surface area contributed by atoms with E-state index in [1.54, 1.807) is 0 Å². The quantitative estimate of drug-likeness (QED) is 0.831. The van der Waals surface area contributed by atoms with Crippen LogP contribution in [0.5, 0.6) is 0 Å². The summed E-state index contributed by atoms with van der Waals surface area (Å²) in [4.78, 5) is 0. The van der Waals surface area contributed by atoms with Gasteiger partial charge in [-0.2, -0.15) is 0 Å². The van der Waals surface area contributed by atoms with Gasteiger partial charge in [-0.3, -0.25) is 0 Å². The maximum absolute atomic E-state index is 3.14. The largest absolute Gasteiger partial charge is 0.388 e. The van der Waals surface area contributed by atoms with Crippen LogP contribution in [0.25, 0.3) is 0 Å². The SMILES string of the molecule is CNc1ccc(Cc2ccc(C(C)C)cc2)cc1. The van der Waals surface area contributed by atoms with Crippen LogP contribution in [0.15, 0.2) is 48.5 Å². The molecule has 0 aliphatic heterocycles. The van der Waals surface area contributed by atoms with Gasteiger partial charge in [-0.15, -0.1) is 0 Å². The molecule has 0 saturated carbocycles. The molecule has 0 fully saturated rings. The molecule has 0 aliphatic rings. The minimum absolute atomic E-state index is 0.606. The summed E-state index contributed by atoms with van der Waals surface area (Å²) in [6, 6.07) is 17.6. The molecule has 0 amide bonds. The molecule has 1 N–H and O–H groups in total. The van der Waals surface area contributed by atoms with Crippen LogP contribution in [0.3, 0.4) is 0 Å². The summed E-state index contributed by atoms with van der Waals surface area (Å²) in [5, 5.41) is 3.14. The smallest absolute Gasteiger partial charge is 0.0337 e. The second kappa shape index (κ2) is 5.72. The van der Waals surface area contributed by atoms with Gasteiger partial charge in [0.1, 0.15) is 0 Å². The standard InChI is InChI=1S/C17H21N/c1-13(2)16-8-4-14(5-9-16)12-15-6-10-17(18-3)11-7-15/h4-11,13,18H,12H2,1-3H3. The molecule has 94 valence electrons. The Balaban J connectivity index is 2.08. The molecule has 2 aromatic carbocycles. The number of nitrogens with one attached hydrogen (secondary N) is 1. The van der Waals surface area contributed by atoms with Crippen LogP contribution in [0.4, 0.5) is 5.69 Å². The van der Waals surface area contributed by atoms with Crippen LogP contribution in [0, 0.1) is 0 Å². The molecule has 0 bridgehead atoms. The van der Waals surface area contributed by atoms with Crippen molar-refractivity contribution >= 4 is 5.69 Å². The van der Waals surface area contributed by atoms with Crippen LogP contribution in [-0.2, 0) is 6.42 Å². The van der Waals surface area contributed by atoms with Gasteiger partial charge in [0.15, 0.2) is 0 Å². The average Bonchev–Trinajstić information content (AvgIpc) is 2.40. The van der Waals surface area contributed by atoms with E-state index in [0.29, 0.717) is 5.92 Å². The maximum atomic E-state index is 3.14. The van der Waals surface area contributed by atoms with Gasteiger partial charge in [-0.25, -0.2) is 0 Å². The first kappa shape index (κ1) is 12.7. The van der Waals surface area contributed by atoms with E-state index in [2.05, 4.69) is 67.7 Å². The normalized spacial score (nSPS) is 10.7. The zero-order chi connectivity index (χ0) is 13.0. The van der Waals surface area contributed by atoms with Crippen molar-refractivity contribution < 1.29 is 0 Å². The molecule has 0 aliphatic carbocycles. The van der Waals surface area contributed by atoms with Crippen molar-refractivity contribution in [1.29, 1.82) is 0 Å². The Morgan fingerprint density at radius 3 is 1.78 bits per heavy atom. The topological polar surface area (TPSA) is 12.0 Å². The van der Waals surface area contributed by atoms with Crippen LogP contribution >= 0.6 is 0 Å². The van der Waals surface area contributed by atoms with Crippen molar-refractivity contribution in [2.45, 2.75) is 26.2 Å². The molecule has 2 rings (SSSR count). The Bertz CT molecular complexity index is 480. The monoisotopic (exact) mass is 239 g/mol. The Labute approximate surface area is 110 Å². The van der Waals surface area contributed by atoms with Crippen molar-refractivity contribution in [3.8, 4) is 0 Å². The molecule has 0 unspecified atom stereocenters. The lowest BCUT2D eigenvalue weighted by molar-refractivity contribution is 0.865. The van der Waals surface area contributed by atoms with Crippen molar-refractivity contribution in [3.05, 3.63) is 65.2 Å². The van der Waals surface area contributed by atoms with Crippen LogP contribution in [0.2, 0.25) is 0 Å². The molecular formula is C17H21N. The van der Waals surface area contributed by atoms with Gasteiger partial charge in [-0.1, -0.05) is 50.2 Å². The van der Waals surface area contributed by atoms with Gasteiger partial charge < -0.3 is 5.32 Å². The summed E-state index contributed by atoms with van der Waals surface area (Å²) in [5.74, 6) is 0.606. The Kier molecular flexibility index (Phi) is 4.03. The minimum atomic E-state index is 0.606. The molecule has 0 aromatic heterocycles. The van der Waals surface area contributed by atoms with E-state index in [1.165, 1.54) is 16.7 Å². The summed E-state index contributed by atoms with van der Waals surface area (Å²) in [6.07, 6.45) is 1.00. The van der Waals surface area contributed by atoms with E-state index in [1.807, 2.05) is 7.05 Å². The number of hydrogen-bond acceptors (Lipinski definition) is 1. The second-order valence-electron chi connectivity index (χ2n) is 5.02. The fourth-order valence-corrected chi connectivity index (χ4v) is 2.05. The van der Waals surface area contributed by atoms with Crippen molar-refractivity contribution in [3.63, 3.8) is 0 Å². The lowest BCUT2D eigenvalue weighted by Crippen LogP contribution is -1.92. The lowest BCUT2D eigenvalue weighted by Gasteiger charge is -2.07. The molecule has 1 nitrogen and oxygen atoms in total. The third-order valence-electron chi connectivity index (χ3n) is 3.30. The summed E-state index contributed by atoms with van der Waals surface area (Å²) >= 11 is 0. The molecule has 2 aromatic rings. The van der Waals surface area contributed by atoms with Gasteiger partial charge >= 0.3 is 0 Å². The highest BCUT2D eigenvalue weighted by molar-refractivity contribution is 5.44. The summed E-state index contributed by atoms with van der Waals surface area (Å²) < 4.78 is 0. The molecule has 0 radical (unpaired) electrons. The van der Waals surface area contributed by atoms with E-state index in [4.69, 9.17) is 0 Å². The Morgan fingerprint density at radius 2 is 1.33 bits per heavy atom. The zero-order valence-electron chi connectivity index (χ0n) is 11.4. The summed E-state index contributed by atoms with van der Waals surface area (Å²) in [5.41, 5.74) is 5.29. The zero-order valence-corrected chi connectivity index (χ0v) is 11.4. The van der Waals surface area contributed by atoms with E-state index in [-0.39, 0.29) is 0 Å². The highest BCUT2D eigenvalue weighted by Gasteiger charge is 2.00. The van der Waals surface area contributed by atoms with Crippen LogP contribution in [-0.4, -0.2) is 7.05 Å². The first-order valence-electron chi connectivity index (χ1n) is 6.54. The highest BCUT2D eigenvalue weighted by Crippen LogP contribution is 2.17. The van der Waals surface area contributed by atoms with Crippen LogP contribution < -0.4 is 5.32 Å². The lowest BCUT2D eigenvalue weighted by atomic mass is 9.99. The maximum Gasteiger partial charge on any atom is 0.0337 e. The minimum Gasteiger partial charge on any atom is -0.388 e. The Morgan fingerprint density at radius 1 is 0.833 bits per heavy atom. The fourth-order valence-electron chi connectivity index (χ4n) is 2.05. The summed E-state index contributed by atoms with van der Waals surface area (Å²) in [7, 11) is 1.94. The van der Waals surface area contributed by atoms with Gasteiger partial charge in [0.25, 0.3) is 0 Å². The van der Waals surface area contributed by atoms with Gasteiger partial charge in [0.05, 0.1) is 0 Å². The second-order valence-corrected chi connectivity index (χ2v) is 5.02. The van der Waals surface area contributed by atoms with E-state index in [9.17, 15) is 0 Å². The predicted molar refractivity (Wildman–Crippen MR) is 79.3 cm³/mol. The number of hydrogen-bond donors (Lipinski definition) is 1. The van der Waals surface area contributed by atoms with Gasteiger partial charge in [-0.05, 0) is 41.2 Å². The van der Waals surface area contributed by atoms with Crippen molar-refractivity contribution in [2.75, 3.05) is 12.4 Å². The van der Waals surface area contributed by atoms with Crippen molar-refractivity contribution in [1.82, 2.24) is 0 Å². The van der Waals surface area contributed by atoms with E-state index >= 15 is 0 Å². The predicted octanol–water partition coefficient (Wildman–Crippen LogP) is 4.44.